The predicted octanol–water partition coefficient (Wildman–Crippen LogP) is 10.4. The molecule has 0 bridgehead atoms. The summed E-state index contributed by atoms with van der Waals surface area (Å²) in [6.07, 6.45) is 7.65. The third kappa shape index (κ3) is 7.02. The van der Waals surface area contributed by atoms with E-state index in [1.165, 1.54) is 70.2 Å². The molecule has 2 heterocycles. The van der Waals surface area contributed by atoms with Crippen molar-refractivity contribution < 1.29 is 18.9 Å². The SMILES string of the molecule is CC1=C(c2ccc(OCC3CO3)c(-c3ccccc3)c2)CCC(C2CCC(c3ccc(OCC4CO4)c(-c4ccccc4)c3)=C(C)C2)C1. The molecule has 4 atom stereocenters. The van der Waals surface area contributed by atoms with E-state index in [2.05, 4.69) is 111 Å². The number of benzene rings is 4. The Morgan fingerprint density at radius 2 is 0.958 bits per heavy atom. The van der Waals surface area contributed by atoms with E-state index in [9.17, 15) is 0 Å². The van der Waals surface area contributed by atoms with E-state index < -0.39 is 0 Å². The van der Waals surface area contributed by atoms with Gasteiger partial charge in [0.2, 0.25) is 0 Å². The summed E-state index contributed by atoms with van der Waals surface area (Å²) in [4.78, 5) is 0. The third-order valence-electron chi connectivity index (χ3n) is 10.8. The molecule has 2 saturated heterocycles. The molecule has 8 rings (SSSR count). The quantitative estimate of drug-likeness (QED) is 0.153. The standard InChI is InChI=1S/C44H46O4/c1-29-21-33(13-17-39(29)35-15-19-43(47-27-37-25-45-37)41(23-35)31-9-5-3-6-10-31)34-14-18-40(30(2)22-34)36-16-20-44(48-28-38-26-46-38)42(24-36)32-11-7-4-8-12-32/h3-12,15-16,19-20,23-24,33-34,37-38H,13-14,17-18,21-22,25-28H2,1-2H3. The highest BCUT2D eigenvalue weighted by Gasteiger charge is 2.31. The van der Waals surface area contributed by atoms with Gasteiger partial charge < -0.3 is 18.9 Å². The molecular formula is C44H46O4. The molecule has 0 aromatic heterocycles. The van der Waals surface area contributed by atoms with Gasteiger partial charge in [0.25, 0.3) is 0 Å². The third-order valence-corrected chi connectivity index (χ3v) is 10.8. The fraction of sp³-hybridized carbons (Fsp3) is 0.364. The average Bonchev–Trinajstić information content (AvgIpc) is 4.07. The fourth-order valence-corrected chi connectivity index (χ4v) is 7.98. The Kier molecular flexibility index (Phi) is 8.95. The summed E-state index contributed by atoms with van der Waals surface area (Å²) in [6, 6.07) is 34.9. The van der Waals surface area contributed by atoms with E-state index in [0.29, 0.717) is 13.2 Å². The van der Waals surface area contributed by atoms with Crippen molar-refractivity contribution in [1.29, 1.82) is 0 Å². The minimum Gasteiger partial charge on any atom is -0.490 e. The molecule has 4 aromatic rings. The molecule has 0 radical (unpaired) electrons. The largest absolute Gasteiger partial charge is 0.490 e. The summed E-state index contributed by atoms with van der Waals surface area (Å²) in [7, 11) is 0. The maximum Gasteiger partial charge on any atom is 0.127 e. The maximum atomic E-state index is 6.23. The number of hydrogen-bond acceptors (Lipinski definition) is 4. The first-order valence-electron chi connectivity index (χ1n) is 17.8. The van der Waals surface area contributed by atoms with Crippen LogP contribution in [0.5, 0.6) is 11.5 Å². The molecule has 0 spiro atoms. The second-order valence-corrected chi connectivity index (χ2v) is 14.2. The Morgan fingerprint density at radius 1 is 0.542 bits per heavy atom. The Balaban J connectivity index is 0.988. The molecule has 2 fully saturated rings. The van der Waals surface area contributed by atoms with Crippen LogP contribution in [0.4, 0.5) is 0 Å². The maximum absolute atomic E-state index is 6.23. The van der Waals surface area contributed by atoms with Gasteiger partial charge in [-0.25, -0.2) is 0 Å². The van der Waals surface area contributed by atoms with Crippen LogP contribution in [0.1, 0.15) is 63.5 Å². The van der Waals surface area contributed by atoms with Gasteiger partial charge in [0.15, 0.2) is 0 Å². The zero-order valence-electron chi connectivity index (χ0n) is 28.3. The van der Waals surface area contributed by atoms with Crippen LogP contribution in [-0.2, 0) is 9.47 Å². The van der Waals surface area contributed by atoms with Crippen LogP contribution >= 0.6 is 0 Å². The number of epoxide rings is 2. The van der Waals surface area contributed by atoms with E-state index in [-0.39, 0.29) is 12.2 Å². The van der Waals surface area contributed by atoms with Crippen molar-refractivity contribution in [2.45, 2.75) is 64.6 Å². The highest BCUT2D eigenvalue weighted by molar-refractivity contribution is 5.79. The Morgan fingerprint density at radius 3 is 1.33 bits per heavy atom. The van der Waals surface area contributed by atoms with E-state index in [0.717, 1.165) is 49.4 Å². The van der Waals surface area contributed by atoms with Crippen molar-refractivity contribution >= 4 is 11.1 Å². The summed E-state index contributed by atoms with van der Waals surface area (Å²) in [5, 5.41) is 0. The molecule has 4 heteroatoms. The molecule has 0 saturated carbocycles. The first-order chi connectivity index (χ1) is 23.6. The molecule has 246 valence electrons. The fourth-order valence-electron chi connectivity index (χ4n) is 7.98. The highest BCUT2D eigenvalue weighted by Crippen LogP contribution is 2.47. The Hall–Kier alpha value is -4.12. The normalized spacial score (nSPS) is 23.6. The first kappa shape index (κ1) is 31.2. The van der Waals surface area contributed by atoms with Crippen LogP contribution < -0.4 is 9.47 Å². The Bertz CT molecular complexity index is 1680. The topological polar surface area (TPSA) is 43.5 Å². The van der Waals surface area contributed by atoms with Gasteiger partial charge in [0, 0.05) is 11.1 Å². The molecule has 48 heavy (non-hydrogen) atoms. The van der Waals surface area contributed by atoms with Gasteiger partial charge in [0.05, 0.1) is 13.2 Å². The molecule has 4 aromatic carbocycles. The van der Waals surface area contributed by atoms with Gasteiger partial charge >= 0.3 is 0 Å². The lowest BCUT2D eigenvalue weighted by Crippen LogP contribution is -2.22. The molecule has 4 nitrogen and oxygen atoms in total. The molecule has 2 aliphatic heterocycles. The van der Waals surface area contributed by atoms with Gasteiger partial charge in [-0.2, -0.15) is 0 Å². The molecular weight excluding hydrogens is 592 g/mol. The molecule has 2 aliphatic carbocycles. The lowest BCUT2D eigenvalue weighted by atomic mass is 9.69. The van der Waals surface area contributed by atoms with Crippen LogP contribution in [-0.4, -0.2) is 38.6 Å². The van der Waals surface area contributed by atoms with E-state index in [4.69, 9.17) is 18.9 Å². The summed E-state index contributed by atoms with van der Waals surface area (Å²) in [5.41, 5.74) is 13.6. The number of hydrogen-bond donors (Lipinski definition) is 0. The predicted molar refractivity (Wildman–Crippen MR) is 194 cm³/mol. The van der Waals surface area contributed by atoms with Gasteiger partial charge in [-0.15, -0.1) is 0 Å². The zero-order valence-corrected chi connectivity index (χ0v) is 28.3. The summed E-state index contributed by atoms with van der Waals surface area (Å²) in [5.74, 6) is 3.36. The minimum atomic E-state index is 0.238. The van der Waals surface area contributed by atoms with E-state index in [1.807, 2.05) is 0 Å². The smallest absolute Gasteiger partial charge is 0.127 e. The molecule has 0 amide bonds. The van der Waals surface area contributed by atoms with Crippen LogP contribution in [0.25, 0.3) is 33.4 Å². The van der Waals surface area contributed by atoms with Gasteiger partial charge in [0.1, 0.15) is 36.9 Å². The van der Waals surface area contributed by atoms with E-state index >= 15 is 0 Å². The van der Waals surface area contributed by atoms with Crippen LogP contribution in [0.3, 0.4) is 0 Å². The van der Waals surface area contributed by atoms with Gasteiger partial charge in [-0.05, 0) is 122 Å². The Labute approximate surface area is 285 Å². The molecule has 4 aliphatic rings. The molecule has 4 unspecified atom stereocenters. The first-order valence-corrected chi connectivity index (χ1v) is 17.8. The second-order valence-electron chi connectivity index (χ2n) is 14.2. The lowest BCUT2D eigenvalue weighted by Gasteiger charge is -2.36. The van der Waals surface area contributed by atoms with Crippen molar-refractivity contribution in [2.24, 2.45) is 11.8 Å². The highest BCUT2D eigenvalue weighted by atomic mass is 16.6. The van der Waals surface area contributed by atoms with Crippen molar-refractivity contribution in [3.05, 3.63) is 119 Å². The van der Waals surface area contributed by atoms with Crippen molar-refractivity contribution in [3.63, 3.8) is 0 Å². The van der Waals surface area contributed by atoms with Crippen LogP contribution in [0.2, 0.25) is 0 Å². The van der Waals surface area contributed by atoms with Gasteiger partial charge in [-0.3, -0.25) is 0 Å². The summed E-state index contributed by atoms with van der Waals surface area (Å²) < 4.78 is 23.3. The second kappa shape index (κ2) is 13.8. The van der Waals surface area contributed by atoms with Crippen LogP contribution in [0, 0.1) is 11.8 Å². The van der Waals surface area contributed by atoms with Gasteiger partial charge in [-0.1, -0.05) is 83.9 Å². The monoisotopic (exact) mass is 638 g/mol. The average molecular weight is 639 g/mol. The summed E-state index contributed by atoms with van der Waals surface area (Å²) in [6.45, 7) is 7.59. The van der Waals surface area contributed by atoms with Crippen molar-refractivity contribution in [2.75, 3.05) is 26.4 Å². The van der Waals surface area contributed by atoms with Crippen molar-refractivity contribution in [3.8, 4) is 33.8 Å². The number of allylic oxidation sites excluding steroid dienone is 4. The molecule has 0 N–H and O–H groups in total. The lowest BCUT2D eigenvalue weighted by molar-refractivity contribution is 0.264. The minimum absolute atomic E-state index is 0.238. The number of rotatable bonds is 11. The number of ether oxygens (including phenoxy) is 4. The van der Waals surface area contributed by atoms with Crippen molar-refractivity contribution in [1.82, 2.24) is 0 Å². The van der Waals surface area contributed by atoms with E-state index in [1.54, 1.807) is 11.1 Å². The zero-order chi connectivity index (χ0) is 32.5. The summed E-state index contributed by atoms with van der Waals surface area (Å²) >= 11 is 0. The van der Waals surface area contributed by atoms with Crippen LogP contribution in [0.15, 0.2) is 108 Å².